The fourth-order valence-corrected chi connectivity index (χ4v) is 2.66. The quantitative estimate of drug-likeness (QED) is 0.321. The molecule has 2 atom stereocenters. The Morgan fingerprint density at radius 3 is 2.79 bits per heavy atom. The molecule has 0 aromatic heterocycles. The highest BCUT2D eigenvalue weighted by atomic mass is 16.6. The smallest absolute Gasteiger partial charge is 0.252 e. The van der Waals surface area contributed by atoms with Gasteiger partial charge in [-0.2, -0.15) is 5.10 Å². The van der Waals surface area contributed by atoms with E-state index in [1.165, 1.54) is 0 Å². The summed E-state index contributed by atoms with van der Waals surface area (Å²) in [4.78, 5) is 11.0. The molecule has 0 bridgehead atoms. The normalized spacial score (nSPS) is 25.9. The van der Waals surface area contributed by atoms with Crippen LogP contribution in [0.25, 0.3) is 0 Å². The first-order valence-electron chi connectivity index (χ1n) is 7.06. The van der Waals surface area contributed by atoms with Crippen molar-refractivity contribution in [1.82, 2.24) is 5.01 Å². The zero-order chi connectivity index (χ0) is 14.3. The number of hydrazone groups is 1. The fraction of sp³-hybridized carbons (Fsp3) is 0.786. The van der Waals surface area contributed by atoms with Crippen molar-refractivity contribution in [3.8, 4) is 0 Å². The molecular formula is C14H25N3O2. The maximum Gasteiger partial charge on any atom is 0.252 e. The van der Waals surface area contributed by atoms with Crippen LogP contribution in [0.2, 0.25) is 0 Å². The minimum Gasteiger partial charge on any atom is -0.303 e. The maximum atomic E-state index is 11.2. The van der Waals surface area contributed by atoms with Gasteiger partial charge in [-0.3, -0.25) is 10.1 Å². The SMILES string of the molecule is C/C=C/CCCC1CCCC([N+](=O)[O-])/C1=N\N(C)C. The Labute approximate surface area is 115 Å². The lowest BCUT2D eigenvalue weighted by Gasteiger charge is -2.27. The average Bonchev–Trinajstić information content (AvgIpc) is 2.35. The second kappa shape index (κ2) is 7.92. The zero-order valence-corrected chi connectivity index (χ0v) is 12.2. The molecular weight excluding hydrogens is 242 g/mol. The molecule has 0 aromatic carbocycles. The highest BCUT2D eigenvalue weighted by Gasteiger charge is 2.36. The number of hydrogen-bond acceptors (Lipinski definition) is 4. The van der Waals surface area contributed by atoms with Gasteiger partial charge in [0.1, 0.15) is 5.71 Å². The molecule has 1 aliphatic carbocycles. The molecule has 5 nitrogen and oxygen atoms in total. The summed E-state index contributed by atoms with van der Waals surface area (Å²) in [5.41, 5.74) is 0.779. The van der Waals surface area contributed by atoms with Crippen LogP contribution < -0.4 is 0 Å². The lowest BCUT2D eigenvalue weighted by atomic mass is 9.81. The fourth-order valence-electron chi connectivity index (χ4n) is 2.66. The van der Waals surface area contributed by atoms with Gasteiger partial charge < -0.3 is 5.01 Å². The third-order valence-corrected chi connectivity index (χ3v) is 3.52. The summed E-state index contributed by atoms with van der Waals surface area (Å²) in [6, 6.07) is -0.581. The highest BCUT2D eigenvalue weighted by Crippen LogP contribution is 2.28. The van der Waals surface area contributed by atoms with Crippen molar-refractivity contribution in [1.29, 1.82) is 0 Å². The van der Waals surface area contributed by atoms with E-state index in [4.69, 9.17) is 0 Å². The largest absolute Gasteiger partial charge is 0.303 e. The molecule has 1 rings (SSSR count). The van der Waals surface area contributed by atoms with Gasteiger partial charge >= 0.3 is 0 Å². The van der Waals surface area contributed by atoms with Crippen LogP contribution in [0.15, 0.2) is 17.3 Å². The van der Waals surface area contributed by atoms with Gasteiger partial charge in [-0.15, -0.1) is 0 Å². The molecule has 1 fully saturated rings. The first kappa shape index (κ1) is 15.7. The molecule has 2 unspecified atom stereocenters. The van der Waals surface area contributed by atoms with Crippen LogP contribution in [-0.4, -0.2) is 35.8 Å². The molecule has 0 spiro atoms. The van der Waals surface area contributed by atoms with Crippen LogP contribution in [0, 0.1) is 16.0 Å². The van der Waals surface area contributed by atoms with Crippen molar-refractivity contribution in [3.63, 3.8) is 0 Å². The second-order valence-corrected chi connectivity index (χ2v) is 5.30. The van der Waals surface area contributed by atoms with E-state index in [-0.39, 0.29) is 10.8 Å². The molecule has 5 heteroatoms. The lowest BCUT2D eigenvalue weighted by molar-refractivity contribution is -0.505. The van der Waals surface area contributed by atoms with E-state index in [1.807, 2.05) is 21.0 Å². The summed E-state index contributed by atoms with van der Waals surface area (Å²) in [5, 5.41) is 17.3. The van der Waals surface area contributed by atoms with Crippen molar-refractivity contribution in [2.45, 2.75) is 51.5 Å². The predicted molar refractivity (Wildman–Crippen MR) is 77.9 cm³/mol. The standard InChI is InChI=1S/C14H25N3O2/c1-4-5-6-7-9-12-10-8-11-13(17(18)19)14(12)15-16(2)3/h4-5,12-13H,6-11H2,1-3H3/b5-4+,15-14-. The minimum atomic E-state index is -0.581. The van der Waals surface area contributed by atoms with Gasteiger partial charge in [0.15, 0.2) is 0 Å². The van der Waals surface area contributed by atoms with E-state index in [0.717, 1.165) is 37.8 Å². The molecule has 0 amide bonds. The summed E-state index contributed by atoms with van der Waals surface area (Å²) < 4.78 is 0. The number of hydrogen-bond donors (Lipinski definition) is 0. The van der Waals surface area contributed by atoms with Crippen LogP contribution in [0.5, 0.6) is 0 Å². The van der Waals surface area contributed by atoms with Crippen molar-refractivity contribution in [2.75, 3.05) is 14.1 Å². The topological polar surface area (TPSA) is 58.7 Å². The molecule has 0 heterocycles. The summed E-state index contributed by atoms with van der Waals surface area (Å²) in [6.45, 7) is 2.02. The van der Waals surface area contributed by atoms with Gasteiger partial charge in [-0.1, -0.05) is 12.2 Å². The Bertz CT molecular complexity index is 351. The first-order valence-corrected chi connectivity index (χ1v) is 7.06. The maximum absolute atomic E-state index is 11.2. The number of allylic oxidation sites excluding steroid dienone is 2. The Morgan fingerprint density at radius 2 is 2.21 bits per heavy atom. The molecule has 0 aliphatic heterocycles. The van der Waals surface area contributed by atoms with Gasteiger partial charge in [-0.05, 0) is 39.0 Å². The van der Waals surface area contributed by atoms with Crippen LogP contribution in [0.4, 0.5) is 0 Å². The van der Waals surface area contributed by atoms with Gasteiger partial charge in [0.05, 0.1) is 0 Å². The molecule has 0 N–H and O–H groups in total. The van der Waals surface area contributed by atoms with Crippen LogP contribution >= 0.6 is 0 Å². The Balaban J connectivity index is 2.72. The summed E-state index contributed by atoms with van der Waals surface area (Å²) in [7, 11) is 3.66. The van der Waals surface area contributed by atoms with E-state index in [1.54, 1.807) is 5.01 Å². The van der Waals surface area contributed by atoms with Gasteiger partial charge in [-0.25, -0.2) is 0 Å². The molecule has 19 heavy (non-hydrogen) atoms. The molecule has 0 radical (unpaired) electrons. The lowest BCUT2D eigenvalue weighted by Crippen LogP contribution is -2.39. The van der Waals surface area contributed by atoms with Crippen molar-refractivity contribution in [3.05, 3.63) is 22.3 Å². The molecule has 1 saturated carbocycles. The van der Waals surface area contributed by atoms with Crippen molar-refractivity contribution >= 4 is 5.71 Å². The average molecular weight is 267 g/mol. The summed E-state index contributed by atoms with van der Waals surface area (Å²) in [6.07, 6.45) is 9.93. The second-order valence-electron chi connectivity index (χ2n) is 5.30. The van der Waals surface area contributed by atoms with Crippen molar-refractivity contribution in [2.24, 2.45) is 11.0 Å². The van der Waals surface area contributed by atoms with Crippen molar-refractivity contribution < 1.29 is 4.92 Å². The molecule has 108 valence electrons. The van der Waals surface area contributed by atoms with E-state index in [2.05, 4.69) is 17.3 Å². The van der Waals surface area contributed by atoms with Gasteiger partial charge in [0.25, 0.3) is 6.04 Å². The molecule has 0 saturated heterocycles. The van der Waals surface area contributed by atoms with Gasteiger partial charge in [0.2, 0.25) is 0 Å². The minimum absolute atomic E-state index is 0.166. The van der Waals surface area contributed by atoms with E-state index >= 15 is 0 Å². The molecule has 0 aromatic rings. The Morgan fingerprint density at radius 1 is 1.47 bits per heavy atom. The Hall–Kier alpha value is -1.39. The van der Waals surface area contributed by atoms with E-state index in [9.17, 15) is 10.1 Å². The third-order valence-electron chi connectivity index (χ3n) is 3.52. The number of nitro groups is 1. The number of rotatable bonds is 6. The van der Waals surface area contributed by atoms with Crippen LogP contribution in [-0.2, 0) is 0 Å². The first-order chi connectivity index (χ1) is 9.06. The van der Waals surface area contributed by atoms with Gasteiger partial charge in [0, 0.05) is 31.4 Å². The van der Waals surface area contributed by atoms with Crippen LogP contribution in [0.3, 0.4) is 0 Å². The Kier molecular flexibility index (Phi) is 6.53. The predicted octanol–water partition coefficient (Wildman–Crippen LogP) is 3.10. The monoisotopic (exact) mass is 267 g/mol. The summed E-state index contributed by atoms with van der Waals surface area (Å²) >= 11 is 0. The summed E-state index contributed by atoms with van der Waals surface area (Å²) in [5.74, 6) is 0.275. The zero-order valence-electron chi connectivity index (χ0n) is 12.2. The highest BCUT2D eigenvalue weighted by molar-refractivity contribution is 5.91. The van der Waals surface area contributed by atoms with E-state index < -0.39 is 6.04 Å². The molecule has 1 aliphatic rings. The van der Waals surface area contributed by atoms with Crippen LogP contribution in [0.1, 0.15) is 45.4 Å². The number of unbranched alkanes of at least 4 members (excludes halogenated alkanes) is 1. The number of nitrogens with zero attached hydrogens (tertiary/aromatic N) is 3. The van der Waals surface area contributed by atoms with E-state index in [0.29, 0.717) is 6.42 Å². The third kappa shape index (κ3) is 5.01.